The molecule has 0 amide bonds. The number of H-pyrrole nitrogens is 1. The maximum atomic E-state index is 11.9. The topological polar surface area (TPSA) is 68.1 Å². The van der Waals surface area contributed by atoms with Gasteiger partial charge in [-0.15, -0.1) is 0 Å². The number of pyridine rings is 1. The Balaban J connectivity index is 1.51. The number of ether oxygens (including phenoxy) is 1. The van der Waals surface area contributed by atoms with E-state index in [-0.39, 0.29) is 17.2 Å². The summed E-state index contributed by atoms with van der Waals surface area (Å²) in [6, 6.07) is 12.0. The highest BCUT2D eigenvalue weighted by molar-refractivity contribution is 6.32. The standard InChI is InChI=1S/C23H25ClN2O2/c1-14-9-15(2)11-17(10-14)23(25)6-3-18(4-7-23)28-21-12-16-5-8-26-22(27)19(16)13-20(21)24/h5,8-13,18H,3-4,6-7,25H2,1-2H3,(H,26,27). The highest BCUT2D eigenvalue weighted by Crippen LogP contribution is 2.38. The number of halogens is 1. The normalized spacial score (nSPS) is 22.4. The van der Waals surface area contributed by atoms with E-state index >= 15 is 0 Å². The number of fused-ring (bicyclic) bond motifs is 1. The van der Waals surface area contributed by atoms with E-state index in [9.17, 15) is 4.79 Å². The molecule has 1 saturated carbocycles. The van der Waals surface area contributed by atoms with Crippen molar-refractivity contribution in [1.29, 1.82) is 0 Å². The van der Waals surface area contributed by atoms with Crippen LogP contribution in [0.25, 0.3) is 10.8 Å². The zero-order valence-electron chi connectivity index (χ0n) is 16.2. The summed E-state index contributed by atoms with van der Waals surface area (Å²) >= 11 is 6.38. The van der Waals surface area contributed by atoms with Crippen LogP contribution in [0.1, 0.15) is 42.4 Å². The third kappa shape index (κ3) is 3.67. The van der Waals surface area contributed by atoms with Gasteiger partial charge in [-0.1, -0.05) is 40.9 Å². The number of nitrogens with two attached hydrogens (primary N) is 1. The molecule has 0 spiro atoms. The third-order valence-corrected chi connectivity index (χ3v) is 6.04. The van der Waals surface area contributed by atoms with Gasteiger partial charge in [-0.3, -0.25) is 4.79 Å². The first-order chi connectivity index (χ1) is 13.3. The van der Waals surface area contributed by atoms with Crippen LogP contribution in [-0.2, 0) is 5.54 Å². The van der Waals surface area contributed by atoms with E-state index in [4.69, 9.17) is 22.1 Å². The molecule has 1 fully saturated rings. The van der Waals surface area contributed by atoms with Crippen molar-refractivity contribution in [3.63, 3.8) is 0 Å². The molecule has 1 aliphatic carbocycles. The Labute approximate surface area is 169 Å². The van der Waals surface area contributed by atoms with Crippen LogP contribution in [-0.4, -0.2) is 11.1 Å². The van der Waals surface area contributed by atoms with Crippen LogP contribution in [0.2, 0.25) is 5.02 Å². The van der Waals surface area contributed by atoms with Gasteiger partial charge in [0.1, 0.15) is 5.75 Å². The molecule has 1 aromatic heterocycles. The molecule has 0 saturated heterocycles. The number of hydrogen-bond acceptors (Lipinski definition) is 3. The summed E-state index contributed by atoms with van der Waals surface area (Å²) in [5, 5.41) is 1.85. The Bertz CT molecular complexity index is 1060. The van der Waals surface area contributed by atoms with Crippen molar-refractivity contribution in [1.82, 2.24) is 4.98 Å². The fourth-order valence-electron chi connectivity index (χ4n) is 4.23. The molecule has 0 bridgehead atoms. The minimum absolute atomic E-state index is 0.0690. The van der Waals surface area contributed by atoms with E-state index < -0.39 is 0 Å². The van der Waals surface area contributed by atoms with E-state index in [1.165, 1.54) is 16.7 Å². The Hall–Kier alpha value is -2.30. The maximum absolute atomic E-state index is 11.9. The highest BCUT2D eigenvalue weighted by Gasteiger charge is 2.34. The first-order valence-electron chi connectivity index (χ1n) is 9.69. The van der Waals surface area contributed by atoms with Crippen molar-refractivity contribution in [2.45, 2.75) is 51.2 Å². The number of aromatic amines is 1. The molecule has 1 aliphatic rings. The van der Waals surface area contributed by atoms with Gasteiger partial charge < -0.3 is 15.5 Å². The van der Waals surface area contributed by atoms with Crippen molar-refractivity contribution in [3.05, 3.63) is 74.7 Å². The van der Waals surface area contributed by atoms with Gasteiger partial charge in [0, 0.05) is 17.1 Å². The molecule has 3 aromatic rings. The molecule has 4 rings (SSSR count). The summed E-state index contributed by atoms with van der Waals surface area (Å²) in [6.07, 6.45) is 5.17. The summed E-state index contributed by atoms with van der Waals surface area (Å²) in [4.78, 5) is 14.6. The highest BCUT2D eigenvalue weighted by atomic mass is 35.5. The van der Waals surface area contributed by atoms with Gasteiger partial charge in [0.25, 0.3) is 5.56 Å². The molecule has 28 heavy (non-hydrogen) atoms. The van der Waals surface area contributed by atoms with Crippen LogP contribution in [0.5, 0.6) is 5.75 Å². The summed E-state index contributed by atoms with van der Waals surface area (Å²) < 4.78 is 6.21. The lowest BCUT2D eigenvalue weighted by atomic mass is 9.75. The molecule has 2 aromatic carbocycles. The number of hydrogen-bond donors (Lipinski definition) is 2. The first kappa shape index (κ1) is 19.0. The Morgan fingerprint density at radius 3 is 2.46 bits per heavy atom. The summed E-state index contributed by atoms with van der Waals surface area (Å²) in [5.41, 5.74) is 10.0. The monoisotopic (exact) mass is 396 g/mol. The molecular weight excluding hydrogens is 372 g/mol. The molecule has 1 heterocycles. The second-order valence-electron chi connectivity index (χ2n) is 8.03. The molecule has 3 N–H and O–H groups in total. The van der Waals surface area contributed by atoms with Gasteiger partial charge in [-0.2, -0.15) is 0 Å². The van der Waals surface area contributed by atoms with E-state index in [2.05, 4.69) is 37.0 Å². The van der Waals surface area contributed by atoms with Crippen molar-refractivity contribution in [2.24, 2.45) is 5.73 Å². The maximum Gasteiger partial charge on any atom is 0.255 e. The number of rotatable bonds is 3. The van der Waals surface area contributed by atoms with E-state index in [1.807, 2.05) is 12.1 Å². The summed E-state index contributed by atoms with van der Waals surface area (Å²) in [6.45, 7) is 4.22. The fourth-order valence-corrected chi connectivity index (χ4v) is 4.44. The molecule has 0 unspecified atom stereocenters. The van der Waals surface area contributed by atoms with Crippen LogP contribution < -0.4 is 16.0 Å². The average molecular weight is 397 g/mol. The third-order valence-electron chi connectivity index (χ3n) is 5.74. The van der Waals surface area contributed by atoms with Gasteiger partial charge >= 0.3 is 0 Å². The second-order valence-corrected chi connectivity index (χ2v) is 8.43. The van der Waals surface area contributed by atoms with Crippen LogP contribution in [0, 0.1) is 13.8 Å². The lowest BCUT2D eigenvalue weighted by Gasteiger charge is -2.38. The van der Waals surface area contributed by atoms with Gasteiger partial charge in [0.05, 0.1) is 11.1 Å². The lowest BCUT2D eigenvalue weighted by molar-refractivity contribution is 0.118. The predicted molar refractivity (Wildman–Crippen MR) is 114 cm³/mol. The van der Waals surface area contributed by atoms with Crippen LogP contribution in [0.3, 0.4) is 0 Å². The van der Waals surface area contributed by atoms with Crippen molar-refractivity contribution in [2.75, 3.05) is 0 Å². The molecule has 4 nitrogen and oxygen atoms in total. The lowest BCUT2D eigenvalue weighted by Crippen LogP contribution is -2.42. The van der Waals surface area contributed by atoms with Crippen molar-refractivity contribution in [3.8, 4) is 5.75 Å². The number of aromatic nitrogens is 1. The smallest absolute Gasteiger partial charge is 0.255 e. The van der Waals surface area contributed by atoms with Gasteiger partial charge in [0.2, 0.25) is 0 Å². The van der Waals surface area contributed by atoms with E-state index in [0.29, 0.717) is 16.2 Å². The number of nitrogens with one attached hydrogen (secondary N) is 1. The van der Waals surface area contributed by atoms with E-state index in [0.717, 1.165) is 31.1 Å². The molecule has 146 valence electrons. The largest absolute Gasteiger partial charge is 0.489 e. The van der Waals surface area contributed by atoms with Gasteiger partial charge in [0.15, 0.2) is 0 Å². The zero-order chi connectivity index (χ0) is 19.9. The first-order valence-corrected chi connectivity index (χ1v) is 10.1. The Morgan fingerprint density at radius 1 is 1.11 bits per heavy atom. The molecule has 5 heteroatoms. The molecule has 0 atom stereocenters. The van der Waals surface area contributed by atoms with Crippen LogP contribution in [0.4, 0.5) is 0 Å². The molecule has 0 aliphatic heterocycles. The van der Waals surface area contributed by atoms with Gasteiger partial charge in [-0.05, 0) is 68.7 Å². The van der Waals surface area contributed by atoms with Crippen molar-refractivity contribution >= 4 is 22.4 Å². The van der Waals surface area contributed by atoms with Crippen LogP contribution >= 0.6 is 11.6 Å². The summed E-state index contributed by atoms with van der Waals surface area (Å²) in [5.74, 6) is 0.626. The van der Waals surface area contributed by atoms with Gasteiger partial charge in [-0.25, -0.2) is 0 Å². The number of aryl methyl sites for hydroxylation is 2. The van der Waals surface area contributed by atoms with Crippen LogP contribution in [0.15, 0.2) is 47.4 Å². The molecule has 0 radical (unpaired) electrons. The zero-order valence-corrected chi connectivity index (χ0v) is 17.0. The van der Waals surface area contributed by atoms with Crippen molar-refractivity contribution < 1.29 is 4.74 Å². The molecular formula is C23H25ClN2O2. The second kappa shape index (κ2) is 7.26. The Morgan fingerprint density at radius 2 is 1.79 bits per heavy atom. The SMILES string of the molecule is Cc1cc(C)cc(C2(N)CCC(Oc3cc4cc[nH]c(=O)c4cc3Cl)CC2)c1. The quantitative estimate of drug-likeness (QED) is 0.656. The summed E-state index contributed by atoms with van der Waals surface area (Å²) in [7, 11) is 0. The average Bonchev–Trinajstić information content (AvgIpc) is 2.64. The predicted octanol–water partition coefficient (Wildman–Crippen LogP) is 4.97. The Kier molecular flexibility index (Phi) is 4.94. The minimum atomic E-state index is -0.308. The number of benzene rings is 2. The minimum Gasteiger partial charge on any atom is -0.489 e. The van der Waals surface area contributed by atoms with E-state index in [1.54, 1.807) is 12.3 Å². The fraction of sp³-hybridized carbons (Fsp3) is 0.348.